The van der Waals surface area contributed by atoms with Crippen molar-refractivity contribution in [3.8, 4) is 0 Å². The zero-order valence-electron chi connectivity index (χ0n) is 15.3. The lowest BCUT2D eigenvalue weighted by molar-refractivity contribution is 0.303. The van der Waals surface area contributed by atoms with Crippen LogP contribution in [0.1, 0.15) is 49.3 Å². The van der Waals surface area contributed by atoms with Crippen molar-refractivity contribution in [2.45, 2.75) is 59.0 Å². The van der Waals surface area contributed by atoms with Gasteiger partial charge in [-0.15, -0.1) is 0 Å². The summed E-state index contributed by atoms with van der Waals surface area (Å²) >= 11 is 5.59. The molecule has 5 heteroatoms. The highest BCUT2D eigenvalue weighted by Crippen LogP contribution is 2.25. The first kappa shape index (κ1) is 17.9. The molecule has 1 saturated carbocycles. The number of aromatic nitrogens is 1. The maximum atomic E-state index is 12.7. The molecule has 0 radical (unpaired) electrons. The lowest BCUT2D eigenvalue weighted by Crippen LogP contribution is -2.45. The molecule has 0 unspecified atom stereocenters. The van der Waals surface area contributed by atoms with Crippen LogP contribution in [0.2, 0.25) is 0 Å². The second-order valence-electron chi connectivity index (χ2n) is 7.00. The summed E-state index contributed by atoms with van der Waals surface area (Å²) in [6.45, 7) is 7.53. The third-order valence-corrected chi connectivity index (χ3v) is 5.70. The quantitative estimate of drug-likeness (QED) is 0.818. The lowest BCUT2D eigenvalue weighted by atomic mass is 10.0. The second kappa shape index (κ2) is 7.56. The van der Waals surface area contributed by atoms with Gasteiger partial charge in [-0.3, -0.25) is 4.79 Å². The monoisotopic (exact) mass is 357 g/mol. The molecule has 25 heavy (non-hydrogen) atoms. The van der Waals surface area contributed by atoms with Crippen LogP contribution in [0.25, 0.3) is 10.9 Å². The number of nitrogens with one attached hydrogen (secondary N) is 2. The number of thiocarbonyl (C=S) groups is 1. The fourth-order valence-corrected chi connectivity index (χ4v) is 4.06. The van der Waals surface area contributed by atoms with Gasteiger partial charge in [0.25, 0.3) is 5.56 Å². The molecule has 134 valence electrons. The molecule has 2 N–H and O–H groups in total. The molecule has 2 aromatic rings. The molecule has 0 atom stereocenters. The van der Waals surface area contributed by atoms with Gasteiger partial charge in [0.15, 0.2) is 5.11 Å². The minimum absolute atomic E-state index is 0.0107. The van der Waals surface area contributed by atoms with Crippen molar-refractivity contribution in [2.24, 2.45) is 0 Å². The Morgan fingerprint density at radius 2 is 2.04 bits per heavy atom. The standard InChI is InChI=1S/C20H27N3OS/c1-4-21-20(25)23(17-7-5-6-8-17)12-16-11-15-10-9-13(2)14(3)18(15)22-19(16)24/h9-11,17H,4-8,12H2,1-3H3,(H,21,25)(H,22,24). The summed E-state index contributed by atoms with van der Waals surface area (Å²) in [6, 6.07) is 6.65. The maximum absolute atomic E-state index is 12.7. The normalized spacial score (nSPS) is 14.8. The Balaban J connectivity index is 1.96. The molecule has 0 spiro atoms. The minimum atomic E-state index is -0.0107. The number of pyridine rings is 1. The Kier molecular flexibility index (Phi) is 5.42. The van der Waals surface area contributed by atoms with E-state index in [1.165, 1.54) is 18.4 Å². The van der Waals surface area contributed by atoms with Crippen LogP contribution < -0.4 is 10.9 Å². The van der Waals surface area contributed by atoms with Gasteiger partial charge in [-0.05, 0) is 68.4 Å². The number of nitrogens with zero attached hydrogens (tertiary/aromatic N) is 1. The average molecular weight is 358 g/mol. The van der Waals surface area contributed by atoms with Gasteiger partial charge < -0.3 is 15.2 Å². The maximum Gasteiger partial charge on any atom is 0.253 e. The number of fused-ring (bicyclic) bond motifs is 1. The molecular weight excluding hydrogens is 330 g/mol. The number of rotatable bonds is 4. The van der Waals surface area contributed by atoms with E-state index >= 15 is 0 Å². The predicted molar refractivity (Wildman–Crippen MR) is 108 cm³/mol. The van der Waals surface area contributed by atoms with Gasteiger partial charge in [0.05, 0.1) is 12.1 Å². The van der Waals surface area contributed by atoms with E-state index in [0.717, 1.165) is 46.5 Å². The largest absolute Gasteiger partial charge is 0.363 e. The first-order chi connectivity index (χ1) is 12.0. The van der Waals surface area contributed by atoms with Crippen LogP contribution in [0.15, 0.2) is 23.0 Å². The van der Waals surface area contributed by atoms with E-state index in [-0.39, 0.29) is 5.56 Å². The van der Waals surface area contributed by atoms with E-state index in [2.05, 4.69) is 41.2 Å². The van der Waals surface area contributed by atoms with Crippen LogP contribution in [0.5, 0.6) is 0 Å². The van der Waals surface area contributed by atoms with Crippen molar-refractivity contribution in [3.05, 3.63) is 45.2 Å². The summed E-state index contributed by atoms with van der Waals surface area (Å²) < 4.78 is 0. The molecule has 0 aliphatic heterocycles. The molecular formula is C20H27N3OS. The fraction of sp³-hybridized carbons (Fsp3) is 0.500. The van der Waals surface area contributed by atoms with E-state index in [1.807, 2.05) is 13.0 Å². The fourth-order valence-electron chi connectivity index (χ4n) is 3.71. The van der Waals surface area contributed by atoms with Crippen LogP contribution in [0, 0.1) is 13.8 Å². The van der Waals surface area contributed by atoms with Crippen molar-refractivity contribution < 1.29 is 0 Å². The number of benzene rings is 1. The van der Waals surface area contributed by atoms with Crippen LogP contribution >= 0.6 is 12.2 Å². The number of H-pyrrole nitrogens is 1. The van der Waals surface area contributed by atoms with Gasteiger partial charge in [0.1, 0.15) is 0 Å². The number of hydrogen-bond donors (Lipinski definition) is 2. The Bertz CT molecular complexity index is 837. The first-order valence-electron chi connectivity index (χ1n) is 9.18. The Morgan fingerprint density at radius 1 is 1.32 bits per heavy atom. The lowest BCUT2D eigenvalue weighted by Gasteiger charge is -2.31. The van der Waals surface area contributed by atoms with Crippen molar-refractivity contribution in [2.75, 3.05) is 6.54 Å². The summed E-state index contributed by atoms with van der Waals surface area (Å²) in [4.78, 5) is 18.0. The van der Waals surface area contributed by atoms with Crippen LogP contribution in [0.3, 0.4) is 0 Å². The van der Waals surface area contributed by atoms with Gasteiger partial charge in [-0.25, -0.2) is 0 Å². The Morgan fingerprint density at radius 3 is 2.72 bits per heavy atom. The molecule has 1 aromatic heterocycles. The highest BCUT2D eigenvalue weighted by atomic mass is 32.1. The SMILES string of the molecule is CCNC(=S)N(Cc1cc2ccc(C)c(C)c2[nH]c1=O)C1CCCC1. The summed E-state index contributed by atoms with van der Waals surface area (Å²) in [7, 11) is 0. The van der Waals surface area contributed by atoms with Gasteiger partial charge in [0.2, 0.25) is 0 Å². The third kappa shape index (κ3) is 3.71. The van der Waals surface area contributed by atoms with Crippen LogP contribution in [-0.4, -0.2) is 27.6 Å². The molecule has 1 fully saturated rings. The van der Waals surface area contributed by atoms with E-state index in [9.17, 15) is 4.79 Å². The van der Waals surface area contributed by atoms with Crippen molar-refractivity contribution >= 4 is 28.2 Å². The van der Waals surface area contributed by atoms with Crippen molar-refractivity contribution in [1.29, 1.82) is 0 Å². The number of hydrogen-bond acceptors (Lipinski definition) is 2. The highest BCUT2D eigenvalue weighted by Gasteiger charge is 2.25. The molecule has 3 rings (SSSR count). The van der Waals surface area contributed by atoms with E-state index < -0.39 is 0 Å². The summed E-state index contributed by atoms with van der Waals surface area (Å²) in [5.74, 6) is 0. The molecule has 0 bridgehead atoms. The minimum Gasteiger partial charge on any atom is -0.363 e. The van der Waals surface area contributed by atoms with E-state index in [1.54, 1.807) is 0 Å². The van der Waals surface area contributed by atoms with Crippen LogP contribution in [-0.2, 0) is 6.54 Å². The zero-order valence-corrected chi connectivity index (χ0v) is 16.1. The number of aryl methyl sites for hydroxylation is 2. The molecule has 0 saturated heterocycles. The smallest absolute Gasteiger partial charge is 0.253 e. The summed E-state index contributed by atoms with van der Waals surface area (Å²) in [6.07, 6.45) is 4.77. The van der Waals surface area contributed by atoms with Gasteiger partial charge in [-0.2, -0.15) is 0 Å². The first-order valence-corrected chi connectivity index (χ1v) is 9.58. The predicted octanol–water partition coefficient (Wildman–Crippen LogP) is 3.78. The van der Waals surface area contributed by atoms with Crippen molar-refractivity contribution in [3.63, 3.8) is 0 Å². The molecule has 1 aromatic carbocycles. The summed E-state index contributed by atoms with van der Waals surface area (Å²) in [5.41, 5.74) is 4.04. The summed E-state index contributed by atoms with van der Waals surface area (Å²) in [5, 5.41) is 5.10. The van der Waals surface area contributed by atoms with Gasteiger partial charge in [-0.1, -0.05) is 25.0 Å². The number of aromatic amines is 1. The van der Waals surface area contributed by atoms with Crippen molar-refractivity contribution in [1.82, 2.24) is 15.2 Å². The highest BCUT2D eigenvalue weighted by molar-refractivity contribution is 7.80. The molecule has 4 nitrogen and oxygen atoms in total. The topological polar surface area (TPSA) is 48.1 Å². The zero-order chi connectivity index (χ0) is 18.0. The molecule has 1 heterocycles. The molecule has 1 aliphatic rings. The van der Waals surface area contributed by atoms with E-state index in [0.29, 0.717) is 12.6 Å². The Labute approximate surface area is 154 Å². The third-order valence-electron chi connectivity index (χ3n) is 5.32. The molecule has 1 aliphatic carbocycles. The van der Waals surface area contributed by atoms with Gasteiger partial charge >= 0.3 is 0 Å². The average Bonchev–Trinajstić information content (AvgIpc) is 3.11. The van der Waals surface area contributed by atoms with E-state index in [4.69, 9.17) is 12.2 Å². The second-order valence-corrected chi connectivity index (χ2v) is 7.38. The van der Waals surface area contributed by atoms with Gasteiger partial charge in [0, 0.05) is 18.2 Å². The molecule has 0 amide bonds. The Hall–Kier alpha value is -1.88. The van der Waals surface area contributed by atoms with Crippen LogP contribution in [0.4, 0.5) is 0 Å².